The molecule has 5 rings (SSSR count). The van der Waals surface area contributed by atoms with Crippen LogP contribution in [0.1, 0.15) is 0 Å². The number of hydrogen-bond acceptors (Lipinski definition) is 14. The molecule has 0 spiro atoms. The molecular weight excluding hydrogens is 677 g/mol. The molecule has 3 aromatic carbocycles. The summed E-state index contributed by atoms with van der Waals surface area (Å²) in [6.07, 6.45) is 3.83. The van der Waals surface area contributed by atoms with Crippen molar-refractivity contribution in [2.75, 3.05) is 34.7 Å². The zero-order valence-electron chi connectivity index (χ0n) is 23.2. The highest BCUT2D eigenvalue weighted by molar-refractivity contribution is 8.02. The Morgan fingerprint density at radius 1 is 0.659 bits per heavy atom. The van der Waals surface area contributed by atoms with Crippen molar-refractivity contribution < 1.29 is 19.1 Å². The molecule has 0 saturated carbocycles. The van der Waals surface area contributed by atoms with E-state index < -0.39 is 0 Å². The van der Waals surface area contributed by atoms with Crippen LogP contribution < -0.4 is 20.1 Å². The van der Waals surface area contributed by atoms with Crippen molar-refractivity contribution in [2.45, 2.75) is 19.0 Å². The number of carbonyl (C=O) groups is 2. The standard InChI is InChI=1S/C28H24N6O4S6/c1-39-25-31-27(43-33-25)41-15-23(35)29-17-6-10-19(11-7-17)37-21-4-3-5-22(14-21)38-20-12-8-18(9-13-20)30-24(36)16-42-28-32-26(40-2)34-44-28/h3-14H,15-16H2,1-2H3,(H,29,35)(H,30,36). The van der Waals surface area contributed by atoms with Crippen LogP contribution >= 0.6 is 70.1 Å². The zero-order chi connectivity index (χ0) is 30.7. The van der Waals surface area contributed by atoms with E-state index in [1.54, 1.807) is 54.6 Å². The minimum Gasteiger partial charge on any atom is -0.457 e. The van der Waals surface area contributed by atoms with E-state index >= 15 is 0 Å². The predicted molar refractivity (Wildman–Crippen MR) is 182 cm³/mol. The molecule has 10 nitrogen and oxygen atoms in total. The average Bonchev–Trinajstić information content (AvgIpc) is 3.71. The Kier molecular flexibility index (Phi) is 11.8. The van der Waals surface area contributed by atoms with Crippen molar-refractivity contribution in [1.82, 2.24) is 18.7 Å². The summed E-state index contributed by atoms with van der Waals surface area (Å²) in [5, 5.41) is 7.18. The minimum absolute atomic E-state index is 0.127. The fourth-order valence-electron chi connectivity index (χ4n) is 3.41. The molecule has 0 radical (unpaired) electrons. The van der Waals surface area contributed by atoms with Gasteiger partial charge in [0.05, 0.1) is 11.5 Å². The number of amides is 2. The molecule has 0 saturated heterocycles. The van der Waals surface area contributed by atoms with Gasteiger partial charge in [0.2, 0.25) is 22.1 Å². The molecule has 0 aliphatic rings. The minimum atomic E-state index is -0.127. The van der Waals surface area contributed by atoms with Gasteiger partial charge in [0.25, 0.3) is 0 Å². The van der Waals surface area contributed by atoms with Crippen molar-refractivity contribution in [3.8, 4) is 23.0 Å². The lowest BCUT2D eigenvalue weighted by atomic mass is 10.2. The van der Waals surface area contributed by atoms with Crippen LogP contribution in [0.15, 0.2) is 91.8 Å². The number of hydrogen-bond donors (Lipinski definition) is 2. The third kappa shape index (κ3) is 9.87. The fraction of sp³-hybridized carbons (Fsp3) is 0.143. The fourth-order valence-corrected chi connectivity index (χ4v) is 7.43. The summed E-state index contributed by atoms with van der Waals surface area (Å²) >= 11 is 8.24. The summed E-state index contributed by atoms with van der Waals surface area (Å²) in [4.78, 5) is 33.3. The quantitative estimate of drug-likeness (QED) is 0.109. The Labute approximate surface area is 278 Å². The summed E-state index contributed by atoms with van der Waals surface area (Å²) in [6, 6.07) is 21.6. The molecule has 2 N–H and O–H groups in total. The van der Waals surface area contributed by atoms with Crippen molar-refractivity contribution in [2.24, 2.45) is 0 Å². The SMILES string of the molecule is CSc1nsc(SCC(=O)Nc2ccc(Oc3cccc(Oc4ccc(NC(=O)CSc5nc(SC)ns5)cc4)c3)cc2)n1. The van der Waals surface area contributed by atoms with Gasteiger partial charge < -0.3 is 20.1 Å². The van der Waals surface area contributed by atoms with Gasteiger partial charge in [0.1, 0.15) is 23.0 Å². The van der Waals surface area contributed by atoms with Crippen LogP contribution in [0.25, 0.3) is 0 Å². The Morgan fingerprint density at radius 3 is 1.48 bits per heavy atom. The van der Waals surface area contributed by atoms with Gasteiger partial charge in [-0.15, -0.1) is 0 Å². The van der Waals surface area contributed by atoms with Crippen LogP contribution in [0.3, 0.4) is 0 Å². The first-order valence-electron chi connectivity index (χ1n) is 12.7. The molecule has 16 heteroatoms. The lowest BCUT2D eigenvalue weighted by molar-refractivity contribution is -0.114. The van der Waals surface area contributed by atoms with E-state index in [2.05, 4.69) is 29.3 Å². The largest absolute Gasteiger partial charge is 0.457 e. The van der Waals surface area contributed by atoms with Gasteiger partial charge in [-0.25, -0.2) is 9.97 Å². The number of nitrogens with zero attached hydrogens (tertiary/aromatic N) is 4. The second kappa shape index (κ2) is 16.2. The van der Waals surface area contributed by atoms with Gasteiger partial charge in [-0.05, 0) is 96.2 Å². The van der Waals surface area contributed by atoms with Gasteiger partial charge in [-0.2, -0.15) is 8.75 Å². The molecule has 5 aromatic rings. The highest BCUT2D eigenvalue weighted by atomic mass is 32.2. The highest BCUT2D eigenvalue weighted by Gasteiger charge is 2.10. The van der Waals surface area contributed by atoms with Gasteiger partial charge in [0, 0.05) is 17.4 Å². The number of benzene rings is 3. The van der Waals surface area contributed by atoms with Crippen molar-refractivity contribution >= 4 is 93.3 Å². The number of carbonyl (C=O) groups excluding carboxylic acids is 2. The van der Waals surface area contributed by atoms with Crippen LogP contribution in [0, 0.1) is 0 Å². The van der Waals surface area contributed by atoms with Crippen molar-refractivity contribution in [3.63, 3.8) is 0 Å². The molecule has 44 heavy (non-hydrogen) atoms. The maximum atomic E-state index is 12.3. The number of rotatable bonds is 14. The van der Waals surface area contributed by atoms with Crippen LogP contribution in [0.2, 0.25) is 0 Å². The van der Waals surface area contributed by atoms with Crippen LogP contribution in [0.4, 0.5) is 11.4 Å². The second-order valence-corrected chi connectivity index (χ2v) is 14.0. The molecule has 0 aliphatic heterocycles. The lowest BCUT2D eigenvalue weighted by Gasteiger charge is -2.11. The van der Waals surface area contributed by atoms with Gasteiger partial charge >= 0.3 is 0 Å². The molecule has 0 aliphatic carbocycles. The molecule has 0 atom stereocenters. The van der Waals surface area contributed by atoms with E-state index in [0.29, 0.717) is 44.7 Å². The third-order valence-corrected chi connectivity index (χ3v) is 10.3. The molecule has 0 bridgehead atoms. The van der Waals surface area contributed by atoms with E-state index in [1.807, 2.05) is 30.7 Å². The third-order valence-electron chi connectivity index (χ3n) is 5.35. The molecule has 0 fully saturated rings. The maximum absolute atomic E-state index is 12.3. The molecule has 0 unspecified atom stereocenters. The Balaban J connectivity index is 1.07. The Hall–Kier alpha value is -3.28. The number of aromatic nitrogens is 4. The summed E-state index contributed by atoms with van der Waals surface area (Å²) in [6.45, 7) is 0. The second-order valence-electron chi connectivity index (χ2n) is 8.50. The smallest absolute Gasteiger partial charge is 0.234 e. The predicted octanol–water partition coefficient (Wildman–Crippen LogP) is 7.88. The molecule has 2 amide bonds. The van der Waals surface area contributed by atoms with E-state index in [9.17, 15) is 9.59 Å². The maximum Gasteiger partial charge on any atom is 0.234 e. The Bertz CT molecular complexity index is 1580. The van der Waals surface area contributed by atoms with Crippen LogP contribution in [-0.4, -0.2) is 54.5 Å². The zero-order valence-corrected chi connectivity index (χ0v) is 28.1. The molecule has 2 aromatic heterocycles. The van der Waals surface area contributed by atoms with Crippen LogP contribution in [0.5, 0.6) is 23.0 Å². The van der Waals surface area contributed by atoms with Gasteiger partial charge in [0.15, 0.2) is 8.68 Å². The molecule has 2 heterocycles. The van der Waals surface area contributed by atoms with E-state index in [0.717, 1.165) is 8.68 Å². The average molecular weight is 701 g/mol. The normalized spacial score (nSPS) is 10.8. The lowest BCUT2D eigenvalue weighted by Crippen LogP contribution is -2.13. The van der Waals surface area contributed by atoms with Crippen molar-refractivity contribution in [1.29, 1.82) is 0 Å². The topological polar surface area (TPSA) is 128 Å². The van der Waals surface area contributed by atoms with E-state index in [-0.39, 0.29) is 23.3 Å². The number of thioether (sulfide) groups is 4. The first kappa shape index (κ1) is 32.1. The highest BCUT2D eigenvalue weighted by Crippen LogP contribution is 2.30. The summed E-state index contributed by atoms with van der Waals surface area (Å²) in [7, 11) is 0. The number of nitrogens with one attached hydrogen (secondary N) is 2. The first-order valence-corrected chi connectivity index (χ1v) is 18.7. The van der Waals surface area contributed by atoms with Gasteiger partial charge in [-0.1, -0.05) is 53.1 Å². The number of anilines is 2. The summed E-state index contributed by atoms with van der Waals surface area (Å²) in [5.41, 5.74) is 1.34. The van der Waals surface area contributed by atoms with E-state index in [4.69, 9.17) is 9.47 Å². The Morgan fingerprint density at radius 2 is 1.09 bits per heavy atom. The van der Waals surface area contributed by atoms with Crippen molar-refractivity contribution in [3.05, 3.63) is 72.8 Å². The summed E-state index contributed by atoms with van der Waals surface area (Å²) < 4.78 is 21.9. The number of ether oxygens (including phenoxy) is 2. The van der Waals surface area contributed by atoms with E-state index in [1.165, 1.54) is 70.1 Å². The summed E-state index contributed by atoms with van der Waals surface area (Å²) in [5.74, 6) is 2.66. The first-order chi connectivity index (χ1) is 21.4. The van der Waals surface area contributed by atoms with Gasteiger partial charge in [-0.3, -0.25) is 9.59 Å². The van der Waals surface area contributed by atoms with Crippen LogP contribution in [-0.2, 0) is 9.59 Å². The monoisotopic (exact) mass is 700 g/mol. The molecule has 226 valence electrons. The molecular formula is C28H24N6O4S6.